The van der Waals surface area contributed by atoms with Crippen molar-refractivity contribution in [3.05, 3.63) is 42.9 Å². The molecule has 126 valence electrons. The molecular weight excluding hydrogens is 314 g/mol. The lowest BCUT2D eigenvalue weighted by Gasteiger charge is -2.56. The van der Waals surface area contributed by atoms with Gasteiger partial charge in [0.05, 0.1) is 35.2 Å². The van der Waals surface area contributed by atoms with Gasteiger partial charge in [0.1, 0.15) is 0 Å². The van der Waals surface area contributed by atoms with Crippen molar-refractivity contribution in [2.75, 3.05) is 0 Å². The maximum absolute atomic E-state index is 11.2. The van der Waals surface area contributed by atoms with Crippen LogP contribution < -0.4 is 5.73 Å². The fourth-order valence-electron chi connectivity index (χ4n) is 4.41. The number of rotatable bonds is 3. The molecule has 1 amide bonds. The van der Waals surface area contributed by atoms with E-state index in [2.05, 4.69) is 21.3 Å². The third-order valence-electron chi connectivity index (χ3n) is 5.82. The van der Waals surface area contributed by atoms with Crippen LogP contribution in [0.25, 0.3) is 22.3 Å². The highest BCUT2D eigenvalue weighted by Crippen LogP contribution is 2.62. The Morgan fingerprint density at radius 1 is 1.12 bits per heavy atom. The normalized spacial score (nSPS) is 27.8. The zero-order chi connectivity index (χ0) is 17.0. The van der Waals surface area contributed by atoms with E-state index < -0.39 is 0 Å². The SMILES string of the molecule is NC(=O)C1CC2(C1)CC(n1cc(-c3cnc4ccccc4n3)cn1)C2. The molecule has 25 heavy (non-hydrogen) atoms. The maximum Gasteiger partial charge on any atom is 0.220 e. The third-order valence-corrected chi connectivity index (χ3v) is 5.82. The zero-order valence-corrected chi connectivity index (χ0v) is 13.8. The molecule has 2 aromatic heterocycles. The second kappa shape index (κ2) is 5.12. The predicted molar refractivity (Wildman–Crippen MR) is 93.4 cm³/mol. The van der Waals surface area contributed by atoms with E-state index in [1.165, 1.54) is 0 Å². The van der Waals surface area contributed by atoms with Crippen LogP contribution in [0.15, 0.2) is 42.9 Å². The number of hydrogen-bond donors (Lipinski definition) is 1. The van der Waals surface area contributed by atoms with Gasteiger partial charge in [-0.2, -0.15) is 5.10 Å². The fourth-order valence-corrected chi connectivity index (χ4v) is 4.41. The Labute approximate surface area is 145 Å². The van der Waals surface area contributed by atoms with E-state index in [0.29, 0.717) is 11.5 Å². The van der Waals surface area contributed by atoms with Gasteiger partial charge in [0, 0.05) is 17.7 Å². The number of primary amides is 1. The summed E-state index contributed by atoms with van der Waals surface area (Å²) in [6, 6.07) is 8.27. The summed E-state index contributed by atoms with van der Waals surface area (Å²) < 4.78 is 2.04. The van der Waals surface area contributed by atoms with Crippen LogP contribution in [0, 0.1) is 11.3 Å². The van der Waals surface area contributed by atoms with Gasteiger partial charge in [-0.15, -0.1) is 0 Å². The molecule has 2 N–H and O–H groups in total. The third kappa shape index (κ3) is 2.32. The number of para-hydroxylation sites is 2. The van der Waals surface area contributed by atoms with Crippen molar-refractivity contribution in [3.63, 3.8) is 0 Å². The van der Waals surface area contributed by atoms with Crippen molar-refractivity contribution in [3.8, 4) is 11.3 Å². The first kappa shape index (κ1) is 14.6. The van der Waals surface area contributed by atoms with Crippen LogP contribution in [0.4, 0.5) is 0 Å². The molecule has 3 aromatic rings. The minimum Gasteiger partial charge on any atom is -0.369 e. The zero-order valence-electron chi connectivity index (χ0n) is 13.8. The Morgan fingerprint density at radius 3 is 2.64 bits per heavy atom. The Kier molecular flexibility index (Phi) is 2.98. The van der Waals surface area contributed by atoms with Crippen LogP contribution in [0.3, 0.4) is 0 Å². The first-order valence-corrected chi connectivity index (χ1v) is 8.68. The maximum atomic E-state index is 11.2. The van der Waals surface area contributed by atoms with Gasteiger partial charge in [0.25, 0.3) is 0 Å². The van der Waals surface area contributed by atoms with Crippen molar-refractivity contribution in [1.29, 1.82) is 0 Å². The average molecular weight is 333 g/mol. The Morgan fingerprint density at radius 2 is 1.88 bits per heavy atom. The minimum absolute atomic E-state index is 0.0852. The van der Waals surface area contributed by atoms with Gasteiger partial charge in [-0.05, 0) is 43.2 Å². The summed E-state index contributed by atoms with van der Waals surface area (Å²) >= 11 is 0. The van der Waals surface area contributed by atoms with Gasteiger partial charge in [0.2, 0.25) is 5.91 Å². The standard InChI is InChI=1S/C19H19N5O/c20-18(25)12-5-19(6-12)7-14(8-19)24-11-13(9-22-24)17-10-21-15-3-1-2-4-16(15)23-17/h1-4,9-12,14H,5-8H2,(H2,20,25). The second-order valence-electron chi connectivity index (χ2n) is 7.52. The predicted octanol–water partition coefficient (Wildman–Crippen LogP) is 2.71. The van der Waals surface area contributed by atoms with Crippen molar-refractivity contribution < 1.29 is 4.79 Å². The number of carbonyl (C=O) groups excluding carboxylic acids is 1. The lowest BCUT2D eigenvalue weighted by atomic mass is 9.50. The highest BCUT2D eigenvalue weighted by molar-refractivity contribution is 5.78. The van der Waals surface area contributed by atoms with Crippen molar-refractivity contribution in [2.45, 2.75) is 31.7 Å². The number of fused-ring (bicyclic) bond motifs is 1. The van der Waals surface area contributed by atoms with Crippen LogP contribution in [-0.2, 0) is 4.79 Å². The first-order valence-electron chi connectivity index (χ1n) is 8.68. The number of hydrogen-bond acceptors (Lipinski definition) is 4. The summed E-state index contributed by atoms with van der Waals surface area (Å²) in [5, 5.41) is 4.53. The molecule has 2 fully saturated rings. The summed E-state index contributed by atoms with van der Waals surface area (Å²) in [7, 11) is 0. The van der Waals surface area contributed by atoms with Gasteiger partial charge in [0.15, 0.2) is 0 Å². The summed E-state index contributed by atoms with van der Waals surface area (Å²) in [5.41, 5.74) is 9.33. The van der Waals surface area contributed by atoms with E-state index in [1.807, 2.05) is 35.1 Å². The van der Waals surface area contributed by atoms with Crippen LogP contribution in [0.1, 0.15) is 31.7 Å². The molecule has 6 nitrogen and oxygen atoms in total. The minimum atomic E-state index is -0.148. The highest BCUT2D eigenvalue weighted by atomic mass is 16.1. The lowest BCUT2D eigenvalue weighted by molar-refractivity contribution is -0.137. The molecule has 2 saturated carbocycles. The summed E-state index contributed by atoms with van der Waals surface area (Å²) in [4.78, 5) is 20.4. The number of amides is 1. The molecule has 5 rings (SSSR count). The molecule has 6 heteroatoms. The van der Waals surface area contributed by atoms with E-state index in [9.17, 15) is 4.79 Å². The van der Waals surface area contributed by atoms with Gasteiger partial charge >= 0.3 is 0 Å². The molecule has 1 spiro atoms. The summed E-state index contributed by atoms with van der Waals surface area (Å²) in [6.45, 7) is 0. The smallest absolute Gasteiger partial charge is 0.220 e. The van der Waals surface area contributed by atoms with E-state index >= 15 is 0 Å². The molecule has 0 aliphatic heterocycles. The van der Waals surface area contributed by atoms with Gasteiger partial charge in [-0.3, -0.25) is 14.5 Å². The molecular formula is C19H19N5O. The van der Waals surface area contributed by atoms with Crippen LogP contribution >= 0.6 is 0 Å². The molecule has 1 aromatic carbocycles. The van der Waals surface area contributed by atoms with Crippen molar-refractivity contribution in [1.82, 2.24) is 19.7 Å². The highest BCUT2D eigenvalue weighted by Gasteiger charge is 2.55. The van der Waals surface area contributed by atoms with Crippen molar-refractivity contribution in [2.24, 2.45) is 17.1 Å². The topological polar surface area (TPSA) is 86.7 Å². The molecule has 0 bridgehead atoms. The Hall–Kier alpha value is -2.76. The second-order valence-corrected chi connectivity index (χ2v) is 7.52. The molecule has 0 radical (unpaired) electrons. The van der Waals surface area contributed by atoms with E-state index in [-0.39, 0.29) is 11.8 Å². The largest absolute Gasteiger partial charge is 0.369 e. The lowest BCUT2D eigenvalue weighted by Crippen LogP contribution is -2.51. The van der Waals surface area contributed by atoms with Gasteiger partial charge < -0.3 is 5.73 Å². The van der Waals surface area contributed by atoms with Crippen LogP contribution in [0.5, 0.6) is 0 Å². The number of nitrogens with two attached hydrogens (primary N) is 1. The number of carbonyl (C=O) groups is 1. The molecule has 0 unspecified atom stereocenters. The van der Waals surface area contributed by atoms with Crippen LogP contribution in [-0.4, -0.2) is 25.7 Å². The van der Waals surface area contributed by atoms with E-state index in [1.54, 1.807) is 6.20 Å². The monoisotopic (exact) mass is 333 g/mol. The Balaban J connectivity index is 1.32. The fraction of sp³-hybridized carbons (Fsp3) is 0.368. The molecule has 2 aliphatic carbocycles. The van der Waals surface area contributed by atoms with Gasteiger partial charge in [-0.25, -0.2) is 4.98 Å². The van der Waals surface area contributed by atoms with Gasteiger partial charge in [-0.1, -0.05) is 12.1 Å². The van der Waals surface area contributed by atoms with Crippen molar-refractivity contribution >= 4 is 16.9 Å². The molecule has 0 atom stereocenters. The number of benzene rings is 1. The molecule has 2 aliphatic rings. The average Bonchev–Trinajstić information content (AvgIpc) is 3.01. The summed E-state index contributed by atoms with van der Waals surface area (Å²) in [5.74, 6) is -0.0627. The van der Waals surface area contributed by atoms with E-state index in [4.69, 9.17) is 5.73 Å². The molecule has 2 heterocycles. The summed E-state index contributed by atoms with van der Waals surface area (Å²) in [6.07, 6.45) is 9.78. The van der Waals surface area contributed by atoms with Crippen LogP contribution in [0.2, 0.25) is 0 Å². The number of nitrogens with zero attached hydrogens (tertiary/aromatic N) is 4. The van der Waals surface area contributed by atoms with E-state index in [0.717, 1.165) is 48.0 Å². The first-order chi connectivity index (χ1) is 12.1. The molecule has 0 saturated heterocycles. The Bertz CT molecular complexity index is 965. The quantitative estimate of drug-likeness (QED) is 0.798. The number of aromatic nitrogens is 4.